The number of carbonyl (C=O) groups is 1. The molecule has 0 aromatic heterocycles. The zero-order chi connectivity index (χ0) is 13.3. The van der Waals surface area contributed by atoms with Gasteiger partial charge in [0.1, 0.15) is 0 Å². The molecule has 2 unspecified atom stereocenters. The average molecular weight is 264 g/mol. The third-order valence-corrected chi connectivity index (χ3v) is 5.59. The first kappa shape index (κ1) is 13.4. The second kappa shape index (κ2) is 5.43. The highest BCUT2D eigenvalue weighted by atomic mass is 16.2. The maximum absolute atomic E-state index is 13.0. The van der Waals surface area contributed by atoms with Gasteiger partial charge in [-0.25, -0.2) is 0 Å². The first-order valence-corrected chi connectivity index (χ1v) is 8.27. The number of rotatable bonds is 2. The maximum Gasteiger partial charge on any atom is 0.242 e. The van der Waals surface area contributed by atoms with Crippen molar-refractivity contribution in [1.82, 2.24) is 10.2 Å². The Labute approximate surface area is 117 Å². The van der Waals surface area contributed by atoms with E-state index in [0.29, 0.717) is 11.9 Å². The number of likely N-dealkylation sites (tertiary alicyclic amines) is 1. The summed E-state index contributed by atoms with van der Waals surface area (Å²) in [7, 11) is 0. The SMILES string of the molecule is CC1(C(=O)N2CCCC2C2CCCC2)CCCCN1. The predicted molar refractivity (Wildman–Crippen MR) is 77.0 cm³/mol. The lowest BCUT2D eigenvalue weighted by atomic mass is 9.88. The van der Waals surface area contributed by atoms with Gasteiger partial charge in [-0.2, -0.15) is 0 Å². The fraction of sp³-hybridized carbons (Fsp3) is 0.938. The summed E-state index contributed by atoms with van der Waals surface area (Å²) in [4.78, 5) is 15.2. The summed E-state index contributed by atoms with van der Waals surface area (Å²) in [6.07, 6.45) is 11.3. The minimum absolute atomic E-state index is 0.278. The molecule has 3 rings (SSSR count). The Morgan fingerprint density at radius 2 is 1.89 bits per heavy atom. The molecule has 0 spiro atoms. The second-order valence-corrected chi connectivity index (χ2v) is 6.97. The van der Waals surface area contributed by atoms with Crippen molar-refractivity contribution in [3.8, 4) is 0 Å². The van der Waals surface area contributed by atoms with Crippen LogP contribution in [-0.2, 0) is 4.79 Å². The molecule has 0 aromatic rings. The van der Waals surface area contributed by atoms with Crippen molar-refractivity contribution in [2.75, 3.05) is 13.1 Å². The van der Waals surface area contributed by atoms with Crippen LogP contribution in [0.4, 0.5) is 0 Å². The third kappa shape index (κ3) is 2.54. The number of nitrogens with zero attached hydrogens (tertiary/aromatic N) is 1. The minimum Gasteiger partial charge on any atom is -0.338 e. The van der Waals surface area contributed by atoms with E-state index in [9.17, 15) is 4.79 Å². The topological polar surface area (TPSA) is 32.3 Å². The maximum atomic E-state index is 13.0. The number of hydrogen-bond donors (Lipinski definition) is 1. The summed E-state index contributed by atoms with van der Waals surface area (Å²) in [6, 6.07) is 0.551. The highest BCUT2D eigenvalue weighted by molar-refractivity contribution is 5.86. The van der Waals surface area contributed by atoms with E-state index in [4.69, 9.17) is 0 Å². The van der Waals surface area contributed by atoms with Crippen molar-refractivity contribution in [2.45, 2.75) is 76.3 Å². The largest absolute Gasteiger partial charge is 0.338 e. The van der Waals surface area contributed by atoms with Crippen LogP contribution in [0.5, 0.6) is 0 Å². The van der Waals surface area contributed by atoms with Crippen molar-refractivity contribution < 1.29 is 4.79 Å². The second-order valence-electron chi connectivity index (χ2n) is 6.97. The minimum atomic E-state index is -0.278. The highest BCUT2D eigenvalue weighted by Crippen LogP contribution is 2.37. The van der Waals surface area contributed by atoms with E-state index in [1.165, 1.54) is 51.4 Å². The molecular weight excluding hydrogens is 236 g/mol. The summed E-state index contributed by atoms with van der Waals surface area (Å²) < 4.78 is 0. The Balaban J connectivity index is 1.70. The third-order valence-electron chi connectivity index (χ3n) is 5.59. The van der Waals surface area contributed by atoms with E-state index >= 15 is 0 Å². The molecule has 19 heavy (non-hydrogen) atoms. The van der Waals surface area contributed by atoms with Crippen LogP contribution in [0.25, 0.3) is 0 Å². The van der Waals surface area contributed by atoms with Crippen molar-refractivity contribution in [2.24, 2.45) is 5.92 Å². The van der Waals surface area contributed by atoms with E-state index < -0.39 is 0 Å². The van der Waals surface area contributed by atoms with Gasteiger partial charge in [0.2, 0.25) is 5.91 Å². The Kier molecular flexibility index (Phi) is 3.84. The van der Waals surface area contributed by atoms with Crippen molar-refractivity contribution in [1.29, 1.82) is 0 Å². The fourth-order valence-corrected chi connectivity index (χ4v) is 4.43. The summed E-state index contributed by atoms with van der Waals surface area (Å²) in [6.45, 7) is 4.12. The molecule has 1 saturated carbocycles. The van der Waals surface area contributed by atoms with E-state index in [1.54, 1.807) is 0 Å². The van der Waals surface area contributed by atoms with Crippen LogP contribution in [0.1, 0.15) is 64.7 Å². The van der Waals surface area contributed by atoms with Crippen LogP contribution in [0, 0.1) is 5.92 Å². The van der Waals surface area contributed by atoms with Gasteiger partial charge in [-0.3, -0.25) is 4.79 Å². The molecule has 2 aliphatic heterocycles. The molecular formula is C16H28N2O. The first-order valence-electron chi connectivity index (χ1n) is 8.27. The lowest BCUT2D eigenvalue weighted by Crippen LogP contribution is -2.59. The van der Waals surface area contributed by atoms with Crippen molar-refractivity contribution >= 4 is 5.91 Å². The van der Waals surface area contributed by atoms with Crippen molar-refractivity contribution in [3.05, 3.63) is 0 Å². The van der Waals surface area contributed by atoms with Crippen LogP contribution in [0.3, 0.4) is 0 Å². The monoisotopic (exact) mass is 264 g/mol. The van der Waals surface area contributed by atoms with Crippen LogP contribution in [0.2, 0.25) is 0 Å². The standard InChI is InChI=1S/C16H28N2O/c1-16(10-4-5-11-17-16)15(19)18-12-6-9-14(18)13-7-2-3-8-13/h13-14,17H,2-12H2,1H3. The zero-order valence-electron chi connectivity index (χ0n) is 12.3. The van der Waals surface area contributed by atoms with Gasteiger partial charge in [0.25, 0.3) is 0 Å². The lowest BCUT2D eigenvalue weighted by molar-refractivity contribution is -0.140. The van der Waals surface area contributed by atoms with E-state index in [-0.39, 0.29) is 5.54 Å². The Morgan fingerprint density at radius 1 is 1.11 bits per heavy atom. The summed E-state index contributed by atoms with van der Waals surface area (Å²) >= 11 is 0. The molecule has 3 fully saturated rings. The van der Waals surface area contributed by atoms with Crippen molar-refractivity contribution in [3.63, 3.8) is 0 Å². The molecule has 0 radical (unpaired) electrons. The van der Waals surface area contributed by atoms with Gasteiger partial charge in [-0.1, -0.05) is 12.8 Å². The van der Waals surface area contributed by atoms with Crippen LogP contribution in [0.15, 0.2) is 0 Å². The highest BCUT2D eigenvalue weighted by Gasteiger charge is 2.43. The first-order chi connectivity index (χ1) is 9.21. The fourth-order valence-electron chi connectivity index (χ4n) is 4.43. The number of amides is 1. The van der Waals surface area contributed by atoms with Gasteiger partial charge >= 0.3 is 0 Å². The van der Waals surface area contributed by atoms with Gasteiger partial charge < -0.3 is 10.2 Å². The Bertz CT molecular complexity index is 330. The molecule has 0 bridgehead atoms. The van der Waals surface area contributed by atoms with E-state index in [1.807, 2.05) is 0 Å². The Morgan fingerprint density at radius 3 is 2.58 bits per heavy atom. The number of piperidine rings is 1. The molecule has 1 amide bonds. The smallest absolute Gasteiger partial charge is 0.242 e. The number of carbonyl (C=O) groups excluding carboxylic acids is 1. The molecule has 2 saturated heterocycles. The van der Waals surface area contributed by atoms with Gasteiger partial charge in [-0.15, -0.1) is 0 Å². The molecule has 108 valence electrons. The summed E-state index contributed by atoms with van der Waals surface area (Å²) in [5.41, 5.74) is -0.278. The molecule has 3 nitrogen and oxygen atoms in total. The number of hydrogen-bond acceptors (Lipinski definition) is 2. The summed E-state index contributed by atoms with van der Waals surface area (Å²) in [5.74, 6) is 1.18. The Hall–Kier alpha value is -0.570. The lowest BCUT2D eigenvalue weighted by Gasteiger charge is -2.40. The van der Waals surface area contributed by atoms with E-state index in [0.717, 1.165) is 25.4 Å². The van der Waals surface area contributed by atoms with Crippen LogP contribution in [-0.4, -0.2) is 35.5 Å². The molecule has 2 heterocycles. The number of nitrogens with one attached hydrogen (secondary N) is 1. The van der Waals surface area contributed by atoms with Gasteiger partial charge in [0.05, 0.1) is 5.54 Å². The molecule has 2 atom stereocenters. The van der Waals surface area contributed by atoms with E-state index in [2.05, 4.69) is 17.1 Å². The molecule has 1 N–H and O–H groups in total. The zero-order valence-corrected chi connectivity index (χ0v) is 12.3. The molecule has 3 heteroatoms. The van der Waals surface area contributed by atoms with Crippen LogP contribution >= 0.6 is 0 Å². The molecule has 0 aromatic carbocycles. The quantitative estimate of drug-likeness (QED) is 0.831. The normalized spacial score (nSPS) is 36.9. The van der Waals surface area contributed by atoms with Gasteiger partial charge in [0, 0.05) is 12.6 Å². The van der Waals surface area contributed by atoms with Crippen LogP contribution < -0.4 is 5.32 Å². The predicted octanol–water partition coefficient (Wildman–Crippen LogP) is 2.70. The summed E-state index contributed by atoms with van der Waals surface area (Å²) in [5, 5.41) is 3.49. The van der Waals surface area contributed by atoms with Gasteiger partial charge in [-0.05, 0) is 64.3 Å². The molecule has 1 aliphatic carbocycles. The average Bonchev–Trinajstić information content (AvgIpc) is 3.09. The molecule has 3 aliphatic rings. The van der Waals surface area contributed by atoms with Gasteiger partial charge in [0.15, 0.2) is 0 Å².